The highest BCUT2D eigenvalue weighted by Crippen LogP contribution is 2.20. The van der Waals surface area contributed by atoms with E-state index in [1.807, 2.05) is 48.0 Å². The van der Waals surface area contributed by atoms with Crippen LogP contribution in [0.3, 0.4) is 0 Å². The molecule has 0 aliphatic carbocycles. The minimum Gasteiger partial charge on any atom is -0.486 e. The topological polar surface area (TPSA) is 101 Å². The van der Waals surface area contributed by atoms with E-state index in [2.05, 4.69) is 9.88 Å². The Labute approximate surface area is 233 Å². The molecule has 3 heterocycles. The van der Waals surface area contributed by atoms with Gasteiger partial charge in [0.15, 0.2) is 11.6 Å². The first-order valence-corrected chi connectivity index (χ1v) is 13.3. The maximum atomic E-state index is 13.5. The van der Waals surface area contributed by atoms with Gasteiger partial charge in [-0.3, -0.25) is 4.90 Å². The smallest absolute Gasteiger partial charge is 0.335 e. The SMILES string of the molecule is C1COC1.Cn1c(CN2CCCC2)nc2ccc(C(=O)O)cc21.N#Cc1ccc(OCc2ccccc2)c(F)c1. The summed E-state index contributed by atoms with van der Waals surface area (Å²) in [6.45, 7) is 5.41. The standard InChI is InChI=1S/C14H10FNO.C14H17N3O2.C3H6O/c15-13-8-12(9-16)6-7-14(13)17-10-11-4-2-1-3-5-11;1-16-12-8-10(14(18)19)4-5-11(12)15-13(16)9-17-6-2-3-7-17;1-2-4-3-1/h1-8H,10H2;4-5,8H,2-3,6-7,9H2,1H3,(H,18,19);1-3H2. The summed E-state index contributed by atoms with van der Waals surface area (Å²) in [4.78, 5) is 18.0. The fourth-order valence-corrected chi connectivity index (χ4v) is 4.22. The lowest BCUT2D eigenvalue weighted by Crippen LogP contribution is -2.20. The van der Waals surface area contributed by atoms with Gasteiger partial charge in [-0.15, -0.1) is 0 Å². The van der Waals surface area contributed by atoms with Crippen LogP contribution in [0, 0.1) is 17.1 Å². The van der Waals surface area contributed by atoms with E-state index in [9.17, 15) is 9.18 Å². The number of nitriles is 1. The molecule has 2 saturated heterocycles. The van der Waals surface area contributed by atoms with Crippen molar-refractivity contribution in [3.05, 3.63) is 95.1 Å². The van der Waals surface area contributed by atoms with Gasteiger partial charge in [-0.1, -0.05) is 30.3 Å². The van der Waals surface area contributed by atoms with Crippen LogP contribution in [-0.2, 0) is 24.9 Å². The number of hydrogen-bond donors (Lipinski definition) is 1. The second kappa shape index (κ2) is 14.2. The molecular weight excluding hydrogens is 511 g/mol. The maximum absolute atomic E-state index is 13.5. The molecule has 2 aliphatic rings. The fraction of sp³-hybridized carbons (Fsp3) is 0.323. The van der Waals surface area contributed by atoms with Crippen molar-refractivity contribution in [2.45, 2.75) is 32.4 Å². The fourth-order valence-electron chi connectivity index (χ4n) is 4.22. The van der Waals surface area contributed by atoms with E-state index >= 15 is 0 Å². The van der Waals surface area contributed by atoms with E-state index in [1.165, 1.54) is 37.5 Å². The van der Waals surface area contributed by atoms with Crippen molar-refractivity contribution in [1.29, 1.82) is 5.26 Å². The number of hydrogen-bond acceptors (Lipinski definition) is 6. The number of aromatic nitrogens is 2. The molecule has 6 rings (SSSR count). The number of likely N-dealkylation sites (tertiary alicyclic amines) is 1. The Morgan fingerprint density at radius 3 is 2.38 bits per heavy atom. The van der Waals surface area contributed by atoms with E-state index in [0.29, 0.717) is 12.2 Å². The predicted molar refractivity (Wildman–Crippen MR) is 150 cm³/mol. The summed E-state index contributed by atoms with van der Waals surface area (Å²) in [5, 5.41) is 17.6. The van der Waals surface area contributed by atoms with Crippen LogP contribution in [0.2, 0.25) is 0 Å². The Kier molecular flexibility index (Phi) is 10.2. The van der Waals surface area contributed by atoms with Crippen LogP contribution in [0.15, 0.2) is 66.7 Å². The van der Waals surface area contributed by atoms with E-state index in [-0.39, 0.29) is 11.3 Å². The van der Waals surface area contributed by atoms with E-state index < -0.39 is 11.8 Å². The average Bonchev–Trinajstić information content (AvgIpc) is 3.55. The molecule has 208 valence electrons. The number of carboxylic acids is 1. The van der Waals surface area contributed by atoms with Crippen molar-refractivity contribution < 1.29 is 23.8 Å². The lowest BCUT2D eigenvalue weighted by atomic mass is 10.2. The number of halogens is 1. The third-order valence-electron chi connectivity index (χ3n) is 6.66. The molecule has 9 heteroatoms. The quantitative estimate of drug-likeness (QED) is 0.340. The monoisotopic (exact) mass is 544 g/mol. The third kappa shape index (κ3) is 7.88. The zero-order valence-corrected chi connectivity index (χ0v) is 22.6. The molecule has 2 aliphatic heterocycles. The molecule has 2 fully saturated rings. The highest BCUT2D eigenvalue weighted by molar-refractivity contribution is 5.92. The van der Waals surface area contributed by atoms with Gasteiger partial charge in [-0.05, 0) is 74.3 Å². The molecule has 0 bridgehead atoms. The van der Waals surface area contributed by atoms with Crippen molar-refractivity contribution in [2.24, 2.45) is 7.05 Å². The number of nitrogens with zero attached hydrogens (tertiary/aromatic N) is 4. The number of aromatic carboxylic acids is 1. The van der Waals surface area contributed by atoms with Crippen molar-refractivity contribution >= 4 is 17.0 Å². The van der Waals surface area contributed by atoms with Crippen molar-refractivity contribution in [3.63, 3.8) is 0 Å². The van der Waals surface area contributed by atoms with Crippen molar-refractivity contribution in [2.75, 3.05) is 26.3 Å². The molecule has 0 amide bonds. The Morgan fingerprint density at radius 2 is 1.77 bits per heavy atom. The number of carboxylic acid groups (broad SMARTS) is 1. The summed E-state index contributed by atoms with van der Waals surface area (Å²) in [6, 6.07) is 20.6. The minimum atomic E-state index is -0.899. The maximum Gasteiger partial charge on any atom is 0.335 e. The molecule has 0 unspecified atom stereocenters. The van der Waals surface area contributed by atoms with E-state index in [0.717, 1.165) is 55.3 Å². The average molecular weight is 545 g/mol. The molecule has 8 nitrogen and oxygen atoms in total. The number of benzene rings is 3. The summed E-state index contributed by atoms with van der Waals surface area (Å²) in [6.07, 6.45) is 3.79. The lowest BCUT2D eigenvalue weighted by molar-refractivity contribution is 0.0367. The van der Waals surface area contributed by atoms with Crippen LogP contribution in [0.5, 0.6) is 5.75 Å². The first-order valence-electron chi connectivity index (χ1n) is 13.3. The van der Waals surface area contributed by atoms with Gasteiger partial charge in [0.2, 0.25) is 0 Å². The van der Waals surface area contributed by atoms with Crippen molar-refractivity contribution in [1.82, 2.24) is 14.5 Å². The van der Waals surface area contributed by atoms with Gasteiger partial charge < -0.3 is 19.1 Å². The van der Waals surface area contributed by atoms with Gasteiger partial charge in [0.05, 0.1) is 34.8 Å². The van der Waals surface area contributed by atoms with Gasteiger partial charge in [0.1, 0.15) is 12.4 Å². The highest BCUT2D eigenvalue weighted by atomic mass is 19.1. The Bertz CT molecular complexity index is 1450. The van der Waals surface area contributed by atoms with Crippen molar-refractivity contribution in [3.8, 4) is 11.8 Å². The number of aryl methyl sites for hydroxylation is 1. The number of ether oxygens (including phenoxy) is 2. The first kappa shape index (κ1) is 28.7. The molecule has 1 aromatic heterocycles. The Balaban J connectivity index is 0.000000163. The van der Waals surface area contributed by atoms with E-state index in [1.54, 1.807) is 18.2 Å². The molecule has 0 radical (unpaired) electrons. The summed E-state index contributed by atoms with van der Waals surface area (Å²) in [7, 11) is 1.95. The second-order valence-corrected chi connectivity index (χ2v) is 9.58. The van der Waals surface area contributed by atoms with Gasteiger partial charge >= 0.3 is 5.97 Å². The molecule has 0 atom stereocenters. The minimum absolute atomic E-state index is 0.160. The molecule has 0 saturated carbocycles. The molecule has 0 spiro atoms. The summed E-state index contributed by atoms with van der Waals surface area (Å²) in [5.74, 6) is -0.253. The zero-order chi connectivity index (χ0) is 28.3. The molecule has 4 aromatic rings. The number of imidazole rings is 1. The van der Waals surface area contributed by atoms with Crippen LogP contribution in [-0.4, -0.2) is 51.8 Å². The molecular formula is C31H33FN4O4. The molecule has 3 aromatic carbocycles. The van der Waals surface area contributed by atoms with Gasteiger partial charge in [-0.2, -0.15) is 5.26 Å². The largest absolute Gasteiger partial charge is 0.486 e. The predicted octanol–water partition coefficient (Wildman–Crippen LogP) is 5.55. The highest BCUT2D eigenvalue weighted by Gasteiger charge is 2.16. The normalized spacial score (nSPS) is 14.2. The van der Waals surface area contributed by atoms with Gasteiger partial charge in [-0.25, -0.2) is 14.2 Å². The summed E-state index contributed by atoms with van der Waals surface area (Å²) in [5.41, 5.74) is 3.31. The Morgan fingerprint density at radius 1 is 1.07 bits per heavy atom. The number of fused-ring (bicyclic) bond motifs is 1. The van der Waals surface area contributed by atoms with Crippen LogP contribution in [0.25, 0.3) is 11.0 Å². The van der Waals surface area contributed by atoms with Gasteiger partial charge in [0, 0.05) is 20.3 Å². The Hall–Kier alpha value is -4.26. The van der Waals surface area contributed by atoms with Crippen LogP contribution < -0.4 is 4.74 Å². The zero-order valence-electron chi connectivity index (χ0n) is 22.6. The van der Waals surface area contributed by atoms with Crippen LogP contribution >= 0.6 is 0 Å². The second-order valence-electron chi connectivity index (χ2n) is 9.58. The third-order valence-corrected chi connectivity index (χ3v) is 6.66. The first-order chi connectivity index (χ1) is 19.4. The lowest BCUT2D eigenvalue weighted by Gasteiger charge is -2.13. The van der Waals surface area contributed by atoms with E-state index in [4.69, 9.17) is 19.8 Å². The van der Waals surface area contributed by atoms with Crippen LogP contribution in [0.1, 0.15) is 46.6 Å². The molecule has 40 heavy (non-hydrogen) atoms. The number of rotatable bonds is 6. The number of carbonyl (C=O) groups is 1. The summed E-state index contributed by atoms with van der Waals surface area (Å²) < 4.78 is 25.5. The van der Waals surface area contributed by atoms with Gasteiger partial charge in [0.25, 0.3) is 0 Å². The van der Waals surface area contributed by atoms with Crippen LogP contribution in [0.4, 0.5) is 4.39 Å². The molecule has 1 N–H and O–H groups in total. The summed E-state index contributed by atoms with van der Waals surface area (Å²) >= 11 is 0.